The first-order valence-electron chi connectivity index (χ1n) is 7.05. The van der Waals surface area contributed by atoms with E-state index >= 15 is 0 Å². The Morgan fingerprint density at radius 1 is 1.41 bits per heavy atom. The summed E-state index contributed by atoms with van der Waals surface area (Å²) < 4.78 is 7.14. The van der Waals surface area contributed by atoms with Crippen molar-refractivity contribution < 1.29 is 9.53 Å². The minimum Gasteiger partial charge on any atom is -0.496 e. The van der Waals surface area contributed by atoms with Gasteiger partial charge in [0.2, 0.25) is 0 Å². The number of ether oxygens (including phenoxy) is 1. The SMILES string of the molecule is COc1cc(Cl)ccc1C(=O)N[C@H](c1nccn1C)C(C)C. The first-order chi connectivity index (χ1) is 10.4. The Morgan fingerprint density at radius 2 is 2.14 bits per heavy atom. The summed E-state index contributed by atoms with van der Waals surface area (Å²) in [5.41, 5.74) is 0.451. The molecule has 0 unspecified atom stereocenters. The molecule has 1 N–H and O–H groups in total. The van der Waals surface area contributed by atoms with Gasteiger partial charge in [0.25, 0.3) is 5.91 Å². The van der Waals surface area contributed by atoms with Gasteiger partial charge < -0.3 is 14.6 Å². The molecule has 5 nitrogen and oxygen atoms in total. The third kappa shape index (κ3) is 3.42. The van der Waals surface area contributed by atoms with Crippen molar-refractivity contribution in [1.29, 1.82) is 0 Å². The van der Waals surface area contributed by atoms with Gasteiger partial charge in [-0.15, -0.1) is 0 Å². The zero-order valence-corrected chi connectivity index (χ0v) is 13.9. The van der Waals surface area contributed by atoms with Crippen LogP contribution in [-0.2, 0) is 7.05 Å². The molecule has 1 aromatic carbocycles. The van der Waals surface area contributed by atoms with Gasteiger partial charge in [0.15, 0.2) is 0 Å². The molecule has 0 saturated heterocycles. The summed E-state index contributed by atoms with van der Waals surface area (Å²) in [4.78, 5) is 16.9. The Morgan fingerprint density at radius 3 is 2.68 bits per heavy atom. The highest BCUT2D eigenvalue weighted by molar-refractivity contribution is 6.30. The first kappa shape index (κ1) is 16.4. The van der Waals surface area contributed by atoms with E-state index in [-0.39, 0.29) is 17.9 Å². The number of carbonyl (C=O) groups excluding carboxylic acids is 1. The van der Waals surface area contributed by atoms with Crippen LogP contribution in [-0.4, -0.2) is 22.6 Å². The fourth-order valence-corrected chi connectivity index (χ4v) is 2.44. The topological polar surface area (TPSA) is 56.1 Å². The second-order valence-electron chi connectivity index (χ2n) is 5.44. The molecular weight excluding hydrogens is 302 g/mol. The number of carbonyl (C=O) groups is 1. The molecule has 1 amide bonds. The van der Waals surface area contributed by atoms with Gasteiger partial charge in [-0.3, -0.25) is 4.79 Å². The third-order valence-electron chi connectivity index (χ3n) is 3.50. The number of imidazole rings is 1. The lowest BCUT2D eigenvalue weighted by atomic mass is 10.0. The van der Waals surface area contributed by atoms with Crippen LogP contribution in [0.5, 0.6) is 5.75 Å². The van der Waals surface area contributed by atoms with Crippen molar-refractivity contribution in [2.75, 3.05) is 7.11 Å². The average molecular weight is 322 g/mol. The largest absolute Gasteiger partial charge is 0.496 e. The second-order valence-corrected chi connectivity index (χ2v) is 5.87. The van der Waals surface area contributed by atoms with Crippen LogP contribution in [0.4, 0.5) is 0 Å². The summed E-state index contributed by atoms with van der Waals surface area (Å²) in [6.45, 7) is 4.08. The molecule has 0 bridgehead atoms. The van der Waals surface area contributed by atoms with Gasteiger partial charge in [0.05, 0.1) is 18.7 Å². The second kappa shape index (κ2) is 6.83. The van der Waals surface area contributed by atoms with Gasteiger partial charge in [-0.2, -0.15) is 0 Å². The number of hydrogen-bond acceptors (Lipinski definition) is 3. The molecule has 1 heterocycles. The highest BCUT2D eigenvalue weighted by Crippen LogP contribution is 2.25. The maximum Gasteiger partial charge on any atom is 0.255 e. The number of nitrogens with one attached hydrogen (secondary N) is 1. The minimum absolute atomic E-state index is 0.187. The molecule has 0 radical (unpaired) electrons. The number of aromatic nitrogens is 2. The first-order valence-corrected chi connectivity index (χ1v) is 7.43. The monoisotopic (exact) mass is 321 g/mol. The summed E-state index contributed by atoms with van der Waals surface area (Å²) in [6, 6.07) is 4.77. The van der Waals surface area contributed by atoms with Gasteiger partial charge in [0.1, 0.15) is 11.6 Å². The van der Waals surface area contributed by atoms with Gasteiger partial charge in [-0.1, -0.05) is 25.4 Å². The van der Waals surface area contributed by atoms with Gasteiger partial charge in [0, 0.05) is 24.5 Å². The van der Waals surface area contributed by atoms with Gasteiger partial charge in [-0.25, -0.2) is 4.98 Å². The van der Waals surface area contributed by atoms with Crippen LogP contribution in [0.25, 0.3) is 0 Å². The minimum atomic E-state index is -0.213. The highest BCUT2D eigenvalue weighted by Gasteiger charge is 2.24. The molecule has 2 aromatic rings. The third-order valence-corrected chi connectivity index (χ3v) is 3.73. The summed E-state index contributed by atoms with van der Waals surface area (Å²) in [7, 11) is 3.42. The van der Waals surface area contributed by atoms with E-state index < -0.39 is 0 Å². The summed E-state index contributed by atoms with van der Waals surface area (Å²) in [5.74, 6) is 1.25. The van der Waals surface area contributed by atoms with Gasteiger partial charge in [-0.05, 0) is 24.1 Å². The van der Waals surface area contributed by atoms with Crippen LogP contribution in [0.15, 0.2) is 30.6 Å². The number of amides is 1. The number of hydrogen-bond donors (Lipinski definition) is 1. The van der Waals surface area contributed by atoms with Crippen LogP contribution in [0.1, 0.15) is 36.1 Å². The van der Waals surface area contributed by atoms with E-state index in [2.05, 4.69) is 10.3 Å². The molecule has 2 rings (SSSR count). The molecule has 0 spiro atoms. The molecule has 1 atom stereocenters. The summed E-state index contributed by atoms with van der Waals surface area (Å²) >= 11 is 5.93. The van der Waals surface area contributed by atoms with E-state index in [1.165, 1.54) is 7.11 Å². The molecule has 118 valence electrons. The molecule has 0 aliphatic carbocycles. The van der Waals surface area contributed by atoms with E-state index in [0.717, 1.165) is 5.82 Å². The number of rotatable bonds is 5. The van der Waals surface area contributed by atoms with Crippen LogP contribution in [0, 0.1) is 5.92 Å². The zero-order valence-electron chi connectivity index (χ0n) is 13.1. The number of methoxy groups -OCH3 is 1. The Kier molecular flexibility index (Phi) is 5.08. The van der Waals surface area contributed by atoms with E-state index in [9.17, 15) is 4.79 Å². The van der Waals surface area contributed by atoms with Crippen molar-refractivity contribution in [3.63, 3.8) is 0 Å². The zero-order chi connectivity index (χ0) is 16.3. The van der Waals surface area contributed by atoms with Gasteiger partial charge >= 0.3 is 0 Å². The fraction of sp³-hybridized carbons (Fsp3) is 0.375. The van der Waals surface area contributed by atoms with Crippen molar-refractivity contribution in [2.24, 2.45) is 13.0 Å². The molecule has 0 aliphatic heterocycles. The van der Waals surface area contributed by atoms with E-state index in [4.69, 9.17) is 16.3 Å². The van der Waals surface area contributed by atoms with Crippen molar-refractivity contribution in [3.8, 4) is 5.75 Å². The Bertz CT molecular complexity index is 667. The maximum absolute atomic E-state index is 12.6. The Hall–Kier alpha value is -2.01. The van der Waals surface area contributed by atoms with E-state index in [1.54, 1.807) is 24.4 Å². The highest BCUT2D eigenvalue weighted by atomic mass is 35.5. The van der Waals surface area contributed by atoms with E-state index in [1.807, 2.05) is 31.7 Å². The maximum atomic E-state index is 12.6. The quantitative estimate of drug-likeness (QED) is 0.920. The van der Waals surface area contributed by atoms with Crippen molar-refractivity contribution >= 4 is 17.5 Å². The predicted octanol–water partition coefficient (Wildman–Crippen LogP) is 3.21. The van der Waals surface area contributed by atoms with Crippen molar-refractivity contribution in [1.82, 2.24) is 14.9 Å². The molecule has 6 heteroatoms. The normalized spacial score (nSPS) is 12.3. The summed E-state index contributed by atoms with van der Waals surface area (Å²) in [5, 5.41) is 3.55. The lowest BCUT2D eigenvalue weighted by molar-refractivity contribution is 0.0919. The van der Waals surface area contributed by atoms with Crippen molar-refractivity contribution in [2.45, 2.75) is 19.9 Å². The van der Waals surface area contributed by atoms with Crippen molar-refractivity contribution in [3.05, 3.63) is 47.0 Å². The number of nitrogens with zero attached hydrogens (tertiary/aromatic N) is 2. The molecule has 0 saturated carbocycles. The molecule has 0 fully saturated rings. The lowest BCUT2D eigenvalue weighted by Crippen LogP contribution is -2.33. The number of halogens is 1. The van der Waals surface area contributed by atoms with E-state index in [0.29, 0.717) is 16.3 Å². The Balaban J connectivity index is 2.28. The lowest BCUT2D eigenvalue weighted by Gasteiger charge is -2.22. The predicted molar refractivity (Wildman–Crippen MR) is 86.3 cm³/mol. The number of benzene rings is 1. The average Bonchev–Trinajstić information content (AvgIpc) is 2.89. The fourth-order valence-electron chi connectivity index (χ4n) is 2.28. The number of aryl methyl sites for hydroxylation is 1. The molecule has 1 aromatic heterocycles. The van der Waals surface area contributed by atoms with Crippen LogP contribution < -0.4 is 10.1 Å². The standard InChI is InChI=1S/C16H20ClN3O2/c1-10(2)14(15-18-7-8-20(15)3)19-16(21)12-6-5-11(17)9-13(12)22-4/h5-10,14H,1-4H3,(H,19,21)/t14-/m0/s1. The molecular formula is C16H20ClN3O2. The Labute approximate surface area is 135 Å². The molecule has 0 aliphatic rings. The molecule has 22 heavy (non-hydrogen) atoms. The summed E-state index contributed by atoms with van der Waals surface area (Å²) in [6.07, 6.45) is 3.58. The van der Waals surface area contributed by atoms with Crippen LogP contribution >= 0.6 is 11.6 Å². The van der Waals surface area contributed by atoms with Crippen LogP contribution in [0.3, 0.4) is 0 Å². The smallest absolute Gasteiger partial charge is 0.255 e. The van der Waals surface area contributed by atoms with Crippen LogP contribution in [0.2, 0.25) is 5.02 Å².